The van der Waals surface area contributed by atoms with E-state index in [1.54, 1.807) is 0 Å². The van der Waals surface area contributed by atoms with Gasteiger partial charge in [0.15, 0.2) is 0 Å². The first-order valence-corrected chi connectivity index (χ1v) is 7.56. The molecule has 1 N–H and O–H groups in total. The van der Waals surface area contributed by atoms with E-state index in [4.69, 9.17) is 4.74 Å². The van der Waals surface area contributed by atoms with Crippen LogP contribution in [0.4, 0.5) is 18.3 Å². The molecule has 1 aromatic carbocycles. The lowest BCUT2D eigenvalue weighted by molar-refractivity contribution is -0.138. The van der Waals surface area contributed by atoms with Gasteiger partial charge in [-0.3, -0.25) is 4.79 Å². The Morgan fingerprint density at radius 2 is 2.13 bits per heavy atom. The number of amides is 1. The molecule has 23 heavy (non-hydrogen) atoms. The summed E-state index contributed by atoms with van der Waals surface area (Å²) in [4.78, 5) is 11.6. The molecule has 0 aliphatic rings. The van der Waals surface area contributed by atoms with Crippen LogP contribution < -0.4 is 10.1 Å². The predicted octanol–water partition coefficient (Wildman–Crippen LogP) is 3.66. The fourth-order valence-electron chi connectivity index (χ4n) is 1.70. The lowest BCUT2D eigenvalue weighted by Gasteiger charge is -2.06. The third-order valence-electron chi connectivity index (χ3n) is 2.72. The highest BCUT2D eigenvalue weighted by Crippen LogP contribution is 2.32. The van der Waals surface area contributed by atoms with Gasteiger partial charge in [0.2, 0.25) is 16.0 Å². The molecule has 9 heteroatoms. The molecule has 124 valence electrons. The quantitative estimate of drug-likeness (QED) is 0.812. The molecular weight excluding hydrogens is 331 g/mol. The number of ether oxygens (including phenoxy) is 1. The van der Waals surface area contributed by atoms with E-state index in [9.17, 15) is 18.0 Å². The zero-order valence-corrected chi connectivity index (χ0v) is 13.0. The first kappa shape index (κ1) is 17.2. The first-order chi connectivity index (χ1) is 10.8. The molecule has 0 radical (unpaired) electrons. The number of anilines is 1. The van der Waals surface area contributed by atoms with Crippen molar-refractivity contribution in [1.82, 2.24) is 10.2 Å². The summed E-state index contributed by atoms with van der Waals surface area (Å²) < 4.78 is 42.5. The summed E-state index contributed by atoms with van der Waals surface area (Å²) in [6.07, 6.45) is -4.00. The van der Waals surface area contributed by atoms with Gasteiger partial charge in [0, 0.05) is 6.42 Å². The summed E-state index contributed by atoms with van der Waals surface area (Å²) >= 11 is 0.295. The Kier molecular flexibility index (Phi) is 5.54. The maximum atomic E-state index is 12.4. The summed E-state index contributed by atoms with van der Waals surface area (Å²) in [7, 11) is 0. The Balaban J connectivity index is 1.72. The zero-order valence-electron chi connectivity index (χ0n) is 12.2. The smallest absolute Gasteiger partial charge is 0.445 e. The number of halogens is 3. The molecule has 0 bridgehead atoms. The Bertz CT molecular complexity index is 673. The molecule has 2 rings (SSSR count). The van der Waals surface area contributed by atoms with Crippen LogP contribution in [0, 0.1) is 6.92 Å². The van der Waals surface area contributed by atoms with Crippen molar-refractivity contribution in [3.63, 3.8) is 0 Å². The molecule has 5 nitrogen and oxygen atoms in total. The van der Waals surface area contributed by atoms with Gasteiger partial charge in [-0.2, -0.15) is 13.2 Å². The zero-order chi connectivity index (χ0) is 16.9. The number of hydrogen-bond acceptors (Lipinski definition) is 5. The second-order valence-electron chi connectivity index (χ2n) is 4.73. The Morgan fingerprint density at radius 3 is 2.78 bits per heavy atom. The van der Waals surface area contributed by atoms with Crippen molar-refractivity contribution < 1.29 is 22.7 Å². The number of nitrogens with one attached hydrogen (secondary N) is 1. The normalized spacial score (nSPS) is 11.3. The second-order valence-corrected chi connectivity index (χ2v) is 5.70. The van der Waals surface area contributed by atoms with E-state index in [1.165, 1.54) is 0 Å². The highest BCUT2D eigenvalue weighted by Gasteiger charge is 2.35. The monoisotopic (exact) mass is 345 g/mol. The average molecular weight is 345 g/mol. The van der Waals surface area contributed by atoms with Gasteiger partial charge in [-0.15, -0.1) is 10.2 Å². The van der Waals surface area contributed by atoms with Gasteiger partial charge in [0.05, 0.1) is 6.61 Å². The van der Waals surface area contributed by atoms with Crippen molar-refractivity contribution >= 4 is 22.4 Å². The maximum absolute atomic E-state index is 12.4. The minimum absolute atomic E-state index is 0.118. The van der Waals surface area contributed by atoms with Crippen LogP contribution >= 0.6 is 11.3 Å². The molecule has 1 amide bonds. The highest BCUT2D eigenvalue weighted by molar-refractivity contribution is 7.15. The number of alkyl halides is 3. The Hall–Kier alpha value is -2.16. The van der Waals surface area contributed by atoms with E-state index in [0.29, 0.717) is 30.1 Å². The number of nitrogens with zero attached hydrogens (tertiary/aromatic N) is 2. The van der Waals surface area contributed by atoms with Crippen molar-refractivity contribution in [2.24, 2.45) is 0 Å². The summed E-state index contributed by atoms with van der Waals surface area (Å²) in [5.41, 5.74) is 1.07. The van der Waals surface area contributed by atoms with E-state index < -0.39 is 17.1 Å². The van der Waals surface area contributed by atoms with E-state index in [-0.39, 0.29) is 11.6 Å². The molecule has 1 aromatic heterocycles. The minimum Gasteiger partial charge on any atom is -0.494 e. The van der Waals surface area contributed by atoms with Crippen LogP contribution in [0.1, 0.15) is 23.4 Å². The molecular formula is C14H14F3N3O2S. The van der Waals surface area contributed by atoms with Gasteiger partial charge >= 0.3 is 6.18 Å². The molecule has 0 saturated heterocycles. The fourth-order valence-corrected chi connectivity index (χ4v) is 2.32. The van der Waals surface area contributed by atoms with Crippen molar-refractivity contribution in [2.45, 2.75) is 25.9 Å². The third kappa shape index (κ3) is 5.51. The number of rotatable bonds is 6. The van der Waals surface area contributed by atoms with Gasteiger partial charge in [-0.1, -0.05) is 23.5 Å². The van der Waals surface area contributed by atoms with Crippen molar-refractivity contribution in [2.75, 3.05) is 11.9 Å². The number of carbonyl (C=O) groups is 1. The number of hydrogen-bond donors (Lipinski definition) is 1. The highest BCUT2D eigenvalue weighted by atomic mass is 32.1. The second kappa shape index (κ2) is 7.40. The predicted molar refractivity (Wildman–Crippen MR) is 79.4 cm³/mol. The molecule has 0 aliphatic carbocycles. The van der Waals surface area contributed by atoms with Crippen LogP contribution in [0.5, 0.6) is 5.75 Å². The van der Waals surface area contributed by atoms with Crippen LogP contribution in [0.25, 0.3) is 0 Å². The molecule has 0 spiro atoms. The Morgan fingerprint density at radius 1 is 1.35 bits per heavy atom. The van der Waals surface area contributed by atoms with E-state index >= 15 is 0 Å². The standard InChI is InChI=1S/C14H14F3N3O2S/c1-9-4-2-5-10(8-9)22-7-3-6-11(21)18-13-20-19-12(23-13)14(15,16)17/h2,4-5,8H,3,6-7H2,1H3,(H,18,20,21). The van der Waals surface area contributed by atoms with Gasteiger partial charge < -0.3 is 10.1 Å². The van der Waals surface area contributed by atoms with Crippen LogP contribution in [0.15, 0.2) is 24.3 Å². The van der Waals surface area contributed by atoms with Gasteiger partial charge in [-0.25, -0.2) is 0 Å². The number of carbonyl (C=O) groups excluding carboxylic acids is 1. The third-order valence-corrected chi connectivity index (χ3v) is 3.60. The minimum atomic E-state index is -4.55. The van der Waals surface area contributed by atoms with Gasteiger partial charge in [-0.05, 0) is 31.0 Å². The van der Waals surface area contributed by atoms with Crippen LogP contribution in [-0.4, -0.2) is 22.7 Å². The van der Waals surface area contributed by atoms with Crippen molar-refractivity contribution in [3.8, 4) is 5.75 Å². The topological polar surface area (TPSA) is 64.1 Å². The lowest BCUT2D eigenvalue weighted by Crippen LogP contribution is -2.12. The number of aryl methyl sites for hydroxylation is 1. The van der Waals surface area contributed by atoms with E-state index in [2.05, 4.69) is 15.5 Å². The van der Waals surface area contributed by atoms with Crippen LogP contribution in [0.3, 0.4) is 0 Å². The number of benzene rings is 1. The number of aromatic nitrogens is 2. The van der Waals surface area contributed by atoms with Gasteiger partial charge in [0.25, 0.3) is 0 Å². The summed E-state index contributed by atoms with van der Waals surface area (Å²) in [5.74, 6) is 0.284. The SMILES string of the molecule is Cc1cccc(OCCCC(=O)Nc2nnc(C(F)(F)F)s2)c1. The van der Waals surface area contributed by atoms with Crippen molar-refractivity contribution in [3.05, 3.63) is 34.8 Å². The lowest BCUT2D eigenvalue weighted by atomic mass is 10.2. The fraction of sp³-hybridized carbons (Fsp3) is 0.357. The molecule has 0 aliphatic heterocycles. The molecule has 1 heterocycles. The van der Waals surface area contributed by atoms with Crippen LogP contribution in [-0.2, 0) is 11.0 Å². The molecule has 2 aromatic rings. The van der Waals surface area contributed by atoms with Gasteiger partial charge in [0.1, 0.15) is 5.75 Å². The Labute approximate surface area is 134 Å². The summed E-state index contributed by atoms with van der Waals surface area (Å²) in [5, 5.41) is 7.32. The molecule has 0 fully saturated rings. The largest absolute Gasteiger partial charge is 0.494 e. The summed E-state index contributed by atoms with van der Waals surface area (Å²) in [6, 6.07) is 7.50. The maximum Gasteiger partial charge on any atom is 0.445 e. The summed E-state index contributed by atoms with van der Waals surface area (Å²) in [6.45, 7) is 2.28. The average Bonchev–Trinajstić information content (AvgIpc) is 2.92. The molecule has 0 unspecified atom stereocenters. The van der Waals surface area contributed by atoms with E-state index in [1.807, 2.05) is 31.2 Å². The van der Waals surface area contributed by atoms with E-state index in [0.717, 1.165) is 5.56 Å². The van der Waals surface area contributed by atoms with Crippen molar-refractivity contribution in [1.29, 1.82) is 0 Å². The van der Waals surface area contributed by atoms with Crippen LogP contribution in [0.2, 0.25) is 0 Å². The molecule has 0 atom stereocenters. The molecule has 0 saturated carbocycles. The first-order valence-electron chi connectivity index (χ1n) is 6.74.